The van der Waals surface area contributed by atoms with Crippen molar-refractivity contribution in [3.8, 4) is 0 Å². The summed E-state index contributed by atoms with van der Waals surface area (Å²) in [5, 5.41) is 10.1. The maximum Gasteiger partial charge on any atom is 0.0576 e. The van der Waals surface area contributed by atoms with Crippen molar-refractivity contribution in [3.05, 3.63) is 12.7 Å². The summed E-state index contributed by atoms with van der Waals surface area (Å²) in [5.41, 5.74) is 0.210. The molecule has 3 atom stereocenters. The molecule has 0 bridgehead atoms. The fourth-order valence-corrected chi connectivity index (χ4v) is 2.79. The average molecular weight is 196 g/mol. The second kappa shape index (κ2) is 4.48. The first-order valence-electron chi connectivity index (χ1n) is 5.76. The van der Waals surface area contributed by atoms with E-state index in [4.69, 9.17) is 0 Å². The molecule has 14 heavy (non-hydrogen) atoms. The first-order valence-corrected chi connectivity index (χ1v) is 5.76. The van der Waals surface area contributed by atoms with Gasteiger partial charge in [-0.25, -0.2) is 0 Å². The van der Waals surface area contributed by atoms with Crippen molar-refractivity contribution in [1.82, 2.24) is 0 Å². The molecule has 0 aromatic carbocycles. The first-order chi connectivity index (χ1) is 6.47. The van der Waals surface area contributed by atoms with Crippen LogP contribution in [0.2, 0.25) is 0 Å². The summed E-state index contributed by atoms with van der Waals surface area (Å²) < 4.78 is 0. The molecule has 1 saturated carbocycles. The van der Waals surface area contributed by atoms with Gasteiger partial charge in [-0.2, -0.15) is 0 Å². The summed E-state index contributed by atoms with van der Waals surface area (Å²) in [4.78, 5) is 0. The van der Waals surface area contributed by atoms with Crippen molar-refractivity contribution in [1.29, 1.82) is 0 Å². The van der Waals surface area contributed by atoms with Gasteiger partial charge in [-0.15, -0.1) is 6.58 Å². The summed E-state index contributed by atoms with van der Waals surface area (Å²) in [6, 6.07) is 0. The summed E-state index contributed by atoms with van der Waals surface area (Å²) >= 11 is 0. The quantitative estimate of drug-likeness (QED) is 0.686. The molecule has 0 saturated heterocycles. The standard InChI is InChI=1S/C13H24O/c1-5-8-13(3,4)11-7-6-10(2)9-12(11)14/h5,10-12,14H,1,6-9H2,2-4H3/t10-,11+,12+/m1/s1. The van der Waals surface area contributed by atoms with Crippen LogP contribution in [0, 0.1) is 17.3 Å². The van der Waals surface area contributed by atoms with Gasteiger partial charge < -0.3 is 5.11 Å². The third-order valence-corrected chi connectivity index (χ3v) is 3.75. The molecule has 0 aromatic rings. The number of allylic oxidation sites excluding steroid dienone is 1. The largest absolute Gasteiger partial charge is 0.393 e. The van der Waals surface area contributed by atoms with E-state index in [9.17, 15) is 5.11 Å². The zero-order valence-electron chi connectivity index (χ0n) is 9.79. The van der Waals surface area contributed by atoms with Crippen LogP contribution in [0.1, 0.15) is 46.5 Å². The predicted molar refractivity (Wildman–Crippen MR) is 61.1 cm³/mol. The van der Waals surface area contributed by atoms with Crippen LogP contribution >= 0.6 is 0 Å². The molecule has 0 aliphatic heterocycles. The van der Waals surface area contributed by atoms with Crippen molar-refractivity contribution in [3.63, 3.8) is 0 Å². The van der Waals surface area contributed by atoms with Crippen LogP contribution in [0.25, 0.3) is 0 Å². The van der Waals surface area contributed by atoms with Gasteiger partial charge in [0.2, 0.25) is 0 Å². The molecule has 1 heteroatoms. The van der Waals surface area contributed by atoms with Crippen LogP contribution in [0.15, 0.2) is 12.7 Å². The Kier molecular flexibility index (Phi) is 3.77. The highest BCUT2D eigenvalue weighted by Gasteiger charge is 2.37. The molecule has 0 radical (unpaired) electrons. The molecule has 1 aliphatic rings. The number of aliphatic hydroxyl groups is 1. The topological polar surface area (TPSA) is 20.2 Å². The Morgan fingerprint density at radius 3 is 2.57 bits per heavy atom. The van der Waals surface area contributed by atoms with Crippen LogP contribution in [0.3, 0.4) is 0 Å². The average Bonchev–Trinajstić information content (AvgIpc) is 2.02. The molecule has 0 spiro atoms. The van der Waals surface area contributed by atoms with E-state index in [1.54, 1.807) is 0 Å². The Balaban J connectivity index is 2.62. The zero-order valence-corrected chi connectivity index (χ0v) is 9.79. The maximum absolute atomic E-state index is 10.1. The Bertz CT molecular complexity index is 195. The predicted octanol–water partition coefficient (Wildman–Crippen LogP) is 3.39. The van der Waals surface area contributed by atoms with Gasteiger partial charge in [-0.05, 0) is 36.5 Å². The molecular formula is C13H24O. The minimum atomic E-state index is -0.103. The van der Waals surface area contributed by atoms with Crippen LogP contribution in [0.4, 0.5) is 0 Å². The highest BCUT2D eigenvalue weighted by Crippen LogP contribution is 2.42. The van der Waals surface area contributed by atoms with Gasteiger partial charge in [0.1, 0.15) is 0 Å². The smallest absolute Gasteiger partial charge is 0.0576 e. The molecule has 1 aliphatic carbocycles. The molecule has 1 N–H and O–H groups in total. The van der Waals surface area contributed by atoms with Crippen molar-refractivity contribution >= 4 is 0 Å². The van der Waals surface area contributed by atoms with Gasteiger partial charge in [0.25, 0.3) is 0 Å². The molecule has 1 nitrogen and oxygen atoms in total. The summed E-state index contributed by atoms with van der Waals surface area (Å²) in [5.74, 6) is 1.15. The molecule has 0 amide bonds. The van der Waals surface area contributed by atoms with Gasteiger partial charge in [0.05, 0.1) is 6.10 Å². The van der Waals surface area contributed by atoms with Gasteiger partial charge in [0.15, 0.2) is 0 Å². The minimum Gasteiger partial charge on any atom is -0.393 e. The summed E-state index contributed by atoms with van der Waals surface area (Å²) in [6.07, 6.45) is 6.29. The molecule has 0 aromatic heterocycles. The third kappa shape index (κ3) is 2.60. The fourth-order valence-electron chi connectivity index (χ4n) is 2.79. The first kappa shape index (κ1) is 11.8. The number of rotatable bonds is 3. The fraction of sp³-hybridized carbons (Fsp3) is 0.846. The van der Waals surface area contributed by atoms with E-state index in [2.05, 4.69) is 27.4 Å². The minimum absolute atomic E-state index is 0.103. The number of hydrogen-bond acceptors (Lipinski definition) is 1. The molecule has 0 heterocycles. The van der Waals surface area contributed by atoms with Crippen LogP contribution in [0.5, 0.6) is 0 Å². The lowest BCUT2D eigenvalue weighted by Crippen LogP contribution is -2.38. The van der Waals surface area contributed by atoms with E-state index < -0.39 is 0 Å². The molecule has 1 rings (SSSR count). The SMILES string of the molecule is C=CCC(C)(C)[C@H]1CC[C@@H](C)C[C@@H]1O. The third-order valence-electron chi connectivity index (χ3n) is 3.75. The van der Waals surface area contributed by atoms with Crippen molar-refractivity contribution in [2.24, 2.45) is 17.3 Å². The van der Waals surface area contributed by atoms with Gasteiger partial charge in [-0.1, -0.05) is 33.3 Å². The van der Waals surface area contributed by atoms with E-state index in [-0.39, 0.29) is 11.5 Å². The van der Waals surface area contributed by atoms with Crippen molar-refractivity contribution < 1.29 is 5.11 Å². The Morgan fingerprint density at radius 2 is 2.07 bits per heavy atom. The van der Waals surface area contributed by atoms with Crippen molar-refractivity contribution in [2.75, 3.05) is 0 Å². The van der Waals surface area contributed by atoms with Gasteiger partial charge in [0, 0.05) is 0 Å². The summed E-state index contributed by atoms with van der Waals surface area (Å²) in [6.45, 7) is 10.5. The molecule has 0 unspecified atom stereocenters. The normalized spacial score (nSPS) is 34.1. The Labute approximate surface area is 88.2 Å². The van der Waals surface area contributed by atoms with Crippen LogP contribution in [-0.2, 0) is 0 Å². The monoisotopic (exact) mass is 196 g/mol. The van der Waals surface area contributed by atoms with Crippen molar-refractivity contribution in [2.45, 2.75) is 52.6 Å². The van der Waals surface area contributed by atoms with E-state index in [1.807, 2.05) is 6.08 Å². The highest BCUT2D eigenvalue weighted by molar-refractivity contribution is 4.91. The van der Waals surface area contributed by atoms with Crippen LogP contribution in [-0.4, -0.2) is 11.2 Å². The van der Waals surface area contributed by atoms with E-state index in [0.29, 0.717) is 11.8 Å². The lowest BCUT2D eigenvalue weighted by molar-refractivity contribution is -0.0115. The second-order valence-corrected chi connectivity index (χ2v) is 5.57. The van der Waals surface area contributed by atoms with E-state index in [1.165, 1.54) is 12.8 Å². The van der Waals surface area contributed by atoms with Crippen LogP contribution < -0.4 is 0 Å². The highest BCUT2D eigenvalue weighted by atomic mass is 16.3. The van der Waals surface area contributed by atoms with Gasteiger partial charge in [-0.3, -0.25) is 0 Å². The van der Waals surface area contributed by atoms with Gasteiger partial charge >= 0.3 is 0 Å². The molecular weight excluding hydrogens is 172 g/mol. The number of aliphatic hydroxyl groups excluding tert-OH is 1. The molecule has 82 valence electrons. The lowest BCUT2D eigenvalue weighted by atomic mass is 9.66. The number of hydrogen-bond donors (Lipinski definition) is 1. The Hall–Kier alpha value is -0.300. The second-order valence-electron chi connectivity index (χ2n) is 5.57. The maximum atomic E-state index is 10.1. The summed E-state index contributed by atoms with van der Waals surface area (Å²) in [7, 11) is 0. The lowest BCUT2D eigenvalue weighted by Gasteiger charge is -2.41. The van der Waals surface area contributed by atoms with E-state index in [0.717, 1.165) is 12.8 Å². The zero-order chi connectivity index (χ0) is 10.8. The molecule has 1 fully saturated rings. The Morgan fingerprint density at radius 1 is 1.43 bits per heavy atom. The van der Waals surface area contributed by atoms with E-state index >= 15 is 0 Å².